The van der Waals surface area contributed by atoms with E-state index in [1.807, 2.05) is 0 Å². The van der Waals surface area contributed by atoms with Crippen LogP contribution in [-0.2, 0) is 0 Å². The lowest BCUT2D eigenvalue weighted by Crippen LogP contribution is -2.55. The molecule has 1 saturated carbocycles. The second-order valence-electron chi connectivity index (χ2n) is 6.77. The van der Waals surface area contributed by atoms with Crippen LogP contribution >= 0.6 is 0 Å². The third-order valence-electron chi connectivity index (χ3n) is 4.18. The Labute approximate surface area is 96.0 Å². The monoisotopic (exact) mass is 211 g/mol. The van der Waals surface area contributed by atoms with Gasteiger partial charge in [0.25, 0.3) is 0 Å². The van der Waals surface area contributed by atoms with Gasteiger partial charge in [-0.05, 0) is 37.0 Å². The van der Waals surface area contributed by atoms with Gasteiger partial charge < -0.3 is 5.32 Å². The first-order valence-electron chi connectivity index (χ1n) is 6.55. The summed E-state index contributed by atoms with van der Waals surface area (Å²) in [6.07, 6.45) is 5.42. The van der Waals surface area contributed by atoms with Gasteiger partial charge in [0.05, 0.1) is 0 Å². The minimum atomic E-state index is 0.406. The Morgan fingerprint density at radius 1 is 0.867 bits per heavy atom. The van der Waals surface area contributed by atoms with Gasteiger partial charge in [-0.3, -0.25) is 0 Å². The summed E-state index contributed by atoms with van der Waals surface area (Å²) in [5, 5.41) is 3.83. The highest BCUT2D eigenvalue weighted by Gasteiger charge is 2.40. The van der Waals surface area contributed by atoms with E-state index in [0.29, 0.717) is 17.0 Å². The van der Waals surface area contributed by atoms with E-state index >= 15 is 0 Å². The highest BCUT2D eigenvalue weighted by Crippen LogP contribution is 2.43. The maximum atomic E-state index is 3.83. The Balaban J connectivity index is 2.69. The Morgan fingerprint density at radius 2 is 1.33 bits per heavy atom. The molecule has 1 aliphatic carbocycles. The molecule has 0 aromatic carbocycles. The van der Waals surface area contributed by atoms with Crippen LogP contribution in [0.2, 0.25) is 0 Å². The molecule has 0 spiro atoms. The number of hydrogen-bond donors (Lipinski definition) is 1. The highest BCUT2D eigenvalue weighted by molar-refractivity contribution is 4.98. The number of nitrogens with one attached hydrogen (secondary N) is 1. The second-order valence-corrected chi connectivity index (χ2v) is 6.77. The molecule has 0 saturated heterocycles. The van der Waals surface area contributed by atoms with Gasteiger partial charge in [-0.1, -0.05) is 41.5 Å². The molecule has 0 amide bonds. The SMILES string of the molecule is CC(C)NC1(C(C)C)CCC(C)(C)CC1. The van der Waals surface area contributed by atoms with Crippen LogP contribution in [0.1, 0.15) is 67.2 Å². The van der Waals surface area contributed by atoms with E-state index in [0.717, 1.165) is 5.92 Å². The van der Waals surface area contributed by atoms with Crippen molar-refractivity contribution in [1.82, 2.24) is 5.32 Å². The molecule has 1 nitrogen and oxygen atoms in total. The lowest BCUT2D eigenvalue weighted by Gasteiger charge is -2.48. The van der Waals surface area contributed by atoms with E-state index < -0.39 is 0 Å². The van der Waals surface area contributed by atoms with Gasteiger partial charge in [0.15, 0.2) is 0 Å². The van der Waals surface area contributed by atoms with Crippen LogP contribution in [0.4, 0.5) is 0 Å². The van der Waals surface area contributed by atoms with Crippen molar-refractivity contribution in [2.45, 2.75) is 78.8 Å². The molecule has 0 aliphatic heterocycles. The summed E-state index contributed by atoms with van der Waals surface area (Å²) in [5.74, 6) is 0.746. The van der Waals surface area contributed by atoms with E-state index in [4.69, 9.17) is 0 Å². The molecule has 0 heterocycles. The summed E-state index contributed by atoms with van der Waals surface area (Å²) in [7, 11) is 0. The molecular weight excluding hydrogens is 182 g/mol. The third-order valence-corrected chi connectivity index (χ3v) is 4.18. The van der Waals surface area contributed by atoms with Gasteiger partial charge in [-0.25, -0.2) is 0 Å². The molecule has 0 aromatic heterocycles. The molecule has 90 valence electrons. The Kier molecular flexibility index (Phi) is 3.86. The Hall–Kier alpha value is -0.0400. The van der Waals surface area contributed by atoms with Crippen molar-refractivity contribution in [2.24, 2.45) is 11.3 Å². The molecule has 0 unspecified atom stereocenters. The van der Waals surface area contributed by atoms with E-state index in [1.165, 1.54) is 25.7 Å². The summed E-state index contributed by atoms with van der Waals surface area (Å²) < 4.78 is 0. The smallest absolute Gasteiger partial charge is 0.0207 e. The standard InChI is InChI=1S/C14H29N/c1-11(2)14(15-12(3)4)9-7-13(5,6)8-10-14/h11-12,15H,7-10H2,1-6H3. The van der Waals surface area contributed by atoms with Crippen molar-refractivity contribution in [3.05, 3.63) is 0 Å². The molecule has 1 rings (SSSR count). The van der Waals surface area contributed by atoms with Crippen LogP contribution < -0.4 is 5.32 Å². The number of hydrogen-bond acceptors (Lipinski definition) is 1. The van der Waals surface area contributed by atoms with Gasteiger partial charge in [0.2, 0.25) is 0 Å². The van der Waals surface area contributed by atoms with E-state index in [2.05, 4.69) is 46.9 Å². The fourth-order valence-electron chi connectivity index (χ4n) is 2.84. The zero-order chi connectivity index (χ0) is 11.7. The molecule has 1 heteroatoms. The van der Waals surface area contributed by atoms with Gasteiger partial charge in [-0.15, -0.1) is 0 Å². The average molecular weight is 211 g/mol. The molecule has 1 aliphatic rings. The zero-order valence-electron chi connectivity index (χ0n) is 11.5. The topological polar surface area (TPSA) is 12.0 Å². The van der Waals surface area contributed by atoms with E-state index in [-0.39, 0.29) is 0 Å². The lowest BCUT2D eigenvalue weighted by molar-refractivity contribution is 0.0897. The van der Waals surface area contributed by atoms with Crippen molar-refractivity contribution < 1.29 is 0 Å². The zero-order valence-corrected chi connectivity index (χ0v) is 11.5. The predicted octanol–water partition coefficient (Wildman–Crippen LogP) is 3.98. The molecule has 0 atom stereocenters. The molecular formula is C14H29N. The molecule has 15 heavy (non-hydrogen) atoms. The van der Waals surface area contributed by atoms with Crippen molar-refractivity contribution in [1.29, 1.82) is 0 Å². The van der Waals surface area contributed by atoms with E-state index in [9.17, 15) is 0 Å². The van der Waals surface area contributed by atoms with E-state index in [1.54, 1.807) is 0 Å². The molecule has 1 N–H and O–H groups in total. The maximum absolute atomic E-state index is 3.83. The maximum Gasteiger partial charge on any atom is 0.0207 e. The van der Waals surface area contributed by atoms with Crippen LogP contribution in [0.3, 0.4) is 0 Å². The van der Waals surface area contributed by atoms with Gasteiger partial charge in [0, 0.05) is 11.6 Å². The van der Waals surface area contributed by atoms with Crippen molar-refractivity contribution in [3.63, 3.8) is 0 Å². The Bertz CT molecular complexity index is 193. The van der Waals surface area contributed by atoms with Gasteiger partial charge >= 0.3 is 0 Å². The van der Waals surface area contributed by atoms with Gasteiger partial charge in [-0.2, -0.15) is 0 Å². The summed E-state index contributed by atoms with van der Waals surface area (Å²) in [4.78, 5) is 0. The fourth-order valence-corrected chi connectivity index (χ4v) is 2.84. The quantitative estimate of drug-likeness (QED) is 0.744. The van der Waals surface area contributed by atoms with Crippen molar-refractivity contribution in [3.8, 4) is 0 Å². The predicted molar refractivity (Wildman–Crippen MR) is 68.1 cm³/mol. The first-order valence-corrected chi connectivity index (χ1v) is 6.55. The third kappa shape index (κ3) is 3.21. The largest absolute Gasteiger partial charge is 0.309 e. The summed E-state index contributed by atoms with van der Waals surface area (Å²) >= 11 is 0. The van der Waals surface area contributed by atoms with Crippen LogP contribution in [0, 0.1) is 11.3 Å². The van der Waals surface area contributed by atoms with Gasteiger partial charge in [0.1, 0.15) is 0 Å². The summed E-state index contributed by atoms with van der Waals surface area (Å²) in [6.45, 7) is 14.1. The number of rotatable bonds is 3. The highest BCUT2D eigenvalue weighted by atomic mass is 15.0. The lowest BCUT2D eigenvalue weighted by atomic mass is 9.65. The Morgan fingerprint density at radius 3 is 1.67 bits per heavy atom. The van der Waals surface area contributed by atoms with Crippen LogP contribution in [-0.4, -0.2) is 11.6 Å². The second kappa shape index (κ2) is 4.45. The fraction of sp³-hybridized carbons (Fsp3) is 1.00. The molecule has 0 bridgehead atoms. The first kappa shape index (κ1) is 13.0. The molecule has 0 radical (unpaired) electrons. The van der Waals surface area contributed by atoms with Crippen LogP contribution in [0.15, 0.2) is 0 Å². The molecule has 1 fully saturated rings. The normalized spacial score (nSPS) is 24.8. The van der Waals surface area contributed by atoms with Crippen molar-refractivity contribution >= 4 is 0 Å². The molecule has 0 aromatic rings. The first-order chi connectivity index (χ1) is 6.77. The average Bonchev–Trinajstić information content (AvgIpc) is 2.08. The van der Waals surface area contributed by atoms with Crippen molar-refractivity contribution in [2.75, 3.05) is 0 Å². The summed E-state index contributed by atoms with van der Waals surface area (Å²) in [5.41, 5.74) is 0.973. The van der Waals surface area contributed by atoms with Crippen LogP contribution in [0.5, 0.6) is 0 Å². The summed E-state index contributed by atoms with van der Waals surface area (Å²) in [6, 6.07) is 0.605. The minimum absolute atomic E-state index is 0.406. The van der Waals surface area contributed by atoms with Crippen LogP contribution in [0.25, 0.3) is 0 Å². The minimum Gasteiger partial charge on any atom is -0.309 e.